The summed E-state index contributed by atoms with van der Waals surface area (Å²) in [5.41, 5.74) is 1.62. The second kappa shape index (κ2) is 14.2. The predicted octanol–water partition coefficient (Wildman–Crippen LogP) is 5.53. The molecule has 0 fully saturated rings. The van der Waals surface area contributed by atoms with Crippen LogP contribution in [0, 0.1) is 6.92 Å². The maximum Gasteiger partial charge on any atom is 0.325 e. The van der Waals surface area contributed by atoms with Crippen molar-refractivity contribution in [2.24, 2.45) is 0 Å². The summed E-state index contributed by atoms with van der Waals surface area (Å²) in [6, 6.07) is 7.38. The van der Waals surface area contributed by atoms with Crippen molar-refractivity contribution in [3.63, 3.8) is 0 Å². The second-order valence-electron chi connectivity index (χ2n) is 7.43. The van der Waals surface area contributed by atoms with Crippen molar-refractivity contribution in [3.05, 3.63) is 35.4 Å². The van der Waals surface area contributed by atoms with Gasteiger partial charge in [0.15, 0.2) is 0 Å². The van der Waals surface area contributed by atoms with E-state index in [-0.39, 0.29) is 18.4 Å². The lowest BCUT2D eigenvalue weighted by atomic mass is 10.1. The van der Waals surface area contributed by atoms with E-state index < -0.39 is 0 Å². The minimum atomic E-state index is -0.338. The predicted molar refractivity (Wildman–Crippen MR) is 111 cm³/mol. The lowest BCUT2D eigenvalue weighted by Crippen LogP contribution is -2.33. The number of aryl methyl sites for hydroxylation is 1. The van der Waals surface area contributed by atoms with E-state index in [4.69, 9.17) is 4.74 Å². The van der Waals surface area contributed by atoms with Gasteiger partial charge in [-0.2, -0.15) is 0 Å². The second-order valence-corrected chi connectivity index (χ2v) is 7.43. The molecule has 1 rings (SSSR count). The van der Waals surface area contributed by atoms with Gasteiger partial charge in [-0.05, 0) is 25.5 Å². The number of hydrogen-bond donors (Lipinski definition) is 0. The smallest absolute Gasteiger partial charge is 0.325 e. The molecule has 0 aromatic heterocycles. The van der Waals surface area contributed by atoms with Crippen LogP contribution in [-0.2, 0) is 9.53 Å². The van der Waals surface area contributed by atoms with E-state index in [9.17, 15) is 9.59 Å². The Morgan fingerprint density at radius 2 is 1.52 bits per heavy atom. The molecule has 0 aliphatic heterocycles. The highest BCUT2D eigenvalue weighted by molar-refractivity contribution is 5.95. The number of carbonyl (C=O) groups excluding carboxylic acids is 2. The van der Waals surface area contributed by atoms with E-state index in [0.717, 1.165) is 18.4 Å². The van der Waals surface area contributed by atoms with Gasteiger partial charge in [0, 0.05) is 12.6 Å². The van der Waals surface area contributed by atoms with Gasteiger partial charge < -0.3 is 9.64 Å². The molecule has 27 heavy (non-hydrogen) atoms. The van der Waals surface area contributed by atoms with Crippen molar-refractivity contribution in [2.75, 3.05) is 20.2 Å². The Morgan fingerprint density at radius 3 is 2.11 bits per heavy atom. The van der Waals surface area contributed by atoms with E-state index in [0.29, 0.717) is 12.2 Å². The third kappa shape index (κ3) is 10.8. The van der Waals surface area contributed by atoms with Gasteiger partial charge in [0.2, 0.25) is 0 Å². The minimum absolute atomic E-state index is 0.00939. The molecular weight excluding hydrogens is 338 g/mol. The van der Waals surface area contributed by atoms with Crippen LogP contribution in [0.3, 0.4) is 0 Å². The van der Waals surface area contributed by atoms with Crippen LogP contribution in [0.5, 0.6) is 0 Å². The quantitative estimate of drug-likeness (QED) is 0.317. The summed E-state index contributed by atoms with van der Waals surface area (Å²) in [6.45, 7) is 4.62. The van der Waals surface area contributed by atoms with Crippen LogP contribution in [-0.4, -0.2) is 37.0 Å². The highest BCUT2D eigenvalue weighted by Gasteiger charge is 2.15. The van der Waals surface area contributed by atoms with Gasteiger partial charge in [-0.3, -0.25) is 9.59 Å². The topological polar surface area (TPSA) is 46.6 Å². The zero-order valence-electron chi connectivity index (χ0n) is 17.5. The average Bonchev–Trinajstić information content (AvgIpc) is 2.65. The molecule has 0 unspecified atom stereocenters. The summed E-state index contributed by atoms with van der Waals surface area (Å²) >= 11 is 0. The standard InChI is InChI=1S/C23H37NO3/c1-4-5-6-7-8-9-10-11-12-13-17-27-22(25)19-24(3)23(26)21-16-14-15-20(2)18-21/h14-16,18H,4-13,17,19H2,1-3H3. The van der Waals surface area contributed by atoms with Crippen LogP contribution in [0.4, 0.5) is 0 Å². The number of amides is 1. The first-order chi connectivity index (χ1) is 13.0. The zero-order chi connectivity index (χ0) is 19.9. The molecule has 0 saturated carbocycles. The summed E-state index contributed by atoms with van der Waals surface area (Å²) in [4.78, 5) is 25.6. The molecule has 4 heteroatoms. The summed E-state index contributed by atoms with van der Waals surface area (Å²) in [5, 5.41) is 0. The van der Waals surface area contributed by atoms with E-state index in [1.54, 1.807) is 13.1 Å². The lowest BCUT2D eigenvalue weighted by molar-refractivity contribution is -0.144. The minimum Gasteiger partial charge on any atom is -0.464 e. The van der Waals surface area contributed by atoms with Gasteiger partial charge in [-0.1, -0.05) is 82.4 Å². The first kappa shape index (κ1) is 23.2. The molecule has 0 bridgehead atoms. The third-order valence-corrected chi connectivity index (χ3v) is 4.74. The van der Waals surface area contributed by atoms with Crippen molar-refractivity contribution in [1.29, 1.82) is 0 Å². The molecule has 0 aliphatic carbocycles. The van der Waals surface area contributed by atoms with Gasteiger partial charge >= 0.3 is 5.97 Å². The summed E-state index contributed by atoms with van der Waals surface area (Å²) in [5.74, 6) is -0.496. The first-order valence-electron chi connectivity index (χ1n) is 10.5. The fraction of sp³-hybridized carbons (Fsp3) is 0.652. The van der Waals surface area contributed by atoms with Crippen LogP contribution in [0.1, 0.15) is 87.1 Å². The maximum absolute atomic E-state index is 12.3. The van der Waals surface area contributed by atoms with Gasteiger partial charge in [-0.15, -0.1) is 0 Å². The van der Waals surface area contributed by atoms with Gasteiger partial charge in [0.05, 0.1) is 6.61 Å². The number of esters is 1. The van der Waals surface area contributed by atoms with Crippen molar-refractivity contribution in [3.8, 4) is 0 Å². The fourth-order valence-electron chi connectivity index (χ4n) is 3.09. The SMILES string of the molecule is CCCCCCCCCCCCOC(=O)CN(C)C(=O)c1cccc(C)c1. The Labute approximate surface area is 165 Å². The van der Waals surface area contributed by atoms with Crippen LogP contribution >= 0.6 is 0 Å². The molecule has 0 aliphatic rings. The number of likely N-dealkylation sites (N-methyl/N-ethyl adjacent to an activating group) is 1. The third-order valence-electron chi connectivity index (χ3n) is 4.74. The number of rotatable bonds is 14. The molecule has 152 valence electrons. The summed E-state index contributed by atoms with van der Waals surface area (Å²) in [6.07, 6.45) is 12.5. The fourth-order valence-corrected chi connectivity index (χ4v) is 3.09. The molecule has 1 aromatic rings. The molecule has 0 N–H and O–H groups in total. The number of nitrogens with zero attached hydrogens (tertiary/aromatic N) is 1. The molecule has 0 spiro atoms. The number of unbranched alkanes of at least 4 members (excludes halogenated alkanes) is 9. The van der Waals surface area contributed by atoms with Gasteiger partial charge in [0.1, 0.15) is 6.54 Å². The highest BCUT2D eigenvalue weighted by Crippen LogP contribution is 2.11. The Bertz CT molecular complexity index is 556. The number of carbonyl (C=O) groups is 2. The molecule has 0 atom stereocenters. The highest BCUT2D eigenvalue weighted by atomic mass is 16.5. The van der Waals surface area contributed by atoms with Crippen LogP contribution in [0.15, 0.2) is 24.3 Å². The molecule has 0 saturated heterocycles. The zero-order valence-corrected chi connectivity index (χ0v) is 17.5. The lowest BCUT2D eigenvalue weighted by Gasteiger charge is -2.16. The molecule has 4 nitrogen and oxygen atoms in total. The number of hydrogen-bond acceptors (Lipinski definition) is 3. The molecule has 0 heterocycles. The van der Waals surface area contributed by atoms with Gasteiger partial charge in [-0.25, -0.2) is 0 Å². The largest absolute Gasteiger partial charge is 0.464 e. The van der Waals surface area contributed by atoms with E-state index in [1.165, 1.54) is 56.3 Å². The summed E-state index contributed by atoms with van der Waals surface area (Å²) in [7, 11) is 1.63. The van der Waals surface area contributed by atoms with E-state index >= 15 is 0 Å². The Balaban J connectivity index is 2.06. The first-order valence-corrected chi connectivity index (χ1v) is 10.5. The molecule has 0 radical (unpaired) electrons. The molecule has 1 amide bonds. The maximum atomic E-state index is 12.3. The van der Waals surface area contributed by atoms with Crippen molar-refractivity contribution >= 4 is 11.9 Å². The monoisotopic (exact) mass is 375 g/mol. The van der Waals surface area contributed by atoms with Gasteiger partial charge in [0.25, 0.3) is 5.91 Å². The Hall–Kier alpha value is -1.84. The van der Waals surface area contributed by atoms with Crippen molar-refractivity contribution in [1.82, 2.24) is 4.90 Å². The summed E-state index contributed by atoms with van der Waals surface area (Å²) < 4.78 is 5.26. The Kier molecular flexibility index (Phi) is 12.2. The van der Waals surface area contributed by atoms with E-state index in [1.807, 2.05) is 25.1 Å². The normalized spacial score (nSPS) is 10.6. The van der Waals surface area contributed by atoms with Crippen molar-refractivity contribution < 1.29 is 14.3 Å². The molecular formula is C23H37NO3. The number of benzene rings is 1. The molecule has 1 aromatic carbocycles. The van der Waals surface area contributed by atoms with E-state index in [2.05, 4.69) is 6.92 Å². The van der Waals surface area contributed by atoms with Crippen LogP contribution < -0.4 is 0 Å². The average molecular weight is 376 g/mol. The van der Waals surface area contributed by atoms with Crippen molar-refractivity contribution in [2.45, 2.75) is 78.1 Å². The Morgan fingerprint density at radius 1 is 0.926 bits per heavy atom. The number of ether oxygens (including phenoxy) is 1. The van der Waals surface area contributed by atoms with Crippen LogP contribution in [0.2, 0.25) is 0 Å². The van der Waals surface area contributed by atoms with Crippen LogP contribution in [0.25, 0.3) is 0 Å².